The highest BCUT2D eigenvalue weighted by atomic mass is 19.1. The molecule has 0 aliphatic rings. The third-order valence-corrected chi connectivity index (χ3v) is 3.93. The van der Waals surface area contributed by atoms with Crippen molar-refractivity contribution in [2.24, 2.45) is 4.99 Å². The fourth-order valence-electron chi connectivity index (χ4n) is 2.65. The fourth-order valence-corrected chi connectivity index (χ4v) is 2.65. The van der Waals surface area contributed by atoms with Crippen molar-refractivity contribution >= 4 is 17.9 Å². The lowest BCUT2D eigenvalue weighted by atomic mass is 10.0. The van der Waals surface area contributed by atoms with Gasteiger partial charge >= 0.3 is 5.97 Å². The number of hydrogen-bond acceptors (Lipinski definition) is 4. The van der Waals surface area contributed by atoms with Crippen LogP contribution in [0.25, 0.3) is 11.1 Å². The summed E-state index contributed by atoms with van der Waals surface area (Å²) in [5, 5.41) is 8.59. The molecule has 28 heavy (non-hydrogen) atoms. The number of aliphatic carboxylic acids is 1. The minimum atomic E-state index is -1.17. The normalized spacial score (nSPS) is 10.8. The van der Waals surface area contributed by atoms with Crippen molar-refractivity contribution in [3.63, 3.8) is 0 Å². The third-order valence-electron chi connectivity index (χ3n) is 3.93. The van der Waals surface area contributed by atoms with Crippen LogP contribution in [0.5, 0.6) is 11.5 Å². The summed E-state index contributed by atoms with van der Waals surface area (Å²) in [5.74, 6) is -1.19. The van der Waals surface area contributed by atoms with Crippen molar-refractivity contribution in [3.05, 3.63) is 78.1 Å². The Kier molecular flexibility index (Phi) is 6.01. The molecule has 0 amide bonds. The van der Waals surface area contributed by atoms with E-state index in [1.54, 1.807) is 19.4 Å². The molecule has 0 spiro atoms. The standard InChI is InChI=1S/C22H18FNO4/c1-27-20-8-3-2-7-18(20)16-6-4-5-15(11-16)13-24-17-9-10-21(19(23)12-17)28-14-22(25)26/h2-13H,14H2,1H3,(H,25,26). The first-order chi connectivity index (χ1) is 13.6. The number of carboxylic acid groups (broad SMARTS) is 1. The average molecular weight is 379 g/mol. The van der Waals surface area contributed by atoms with E-state index in [0.29, 0.717) is 5.69 Å². The van der Waals surface area contributed by atoms with Crippen molar-refractivity contribution < 1.29 is 23.8 Å². The predicted molar refractivity (Wildman–Crippen MR) is 105 cm³/mol. The maximum Gasteiger partial charge on any atom is 0.341 e. The number of methoxy groups -OCH3 is 1. The van der Waals surface area contributed by atoms with E-state index in [1.807, 2.05) is 48.5 Å². The zero-order valence-corrected chi connectivity index (χ0v) is 15.1. The molecule has 0 aliphatic heterocycles. The lowest BCUT2D eigenvalue weighted by molar-refractivity contribution is -0.139. The number of carboxylic acids is 1. The van der Waals surface area contributed by atoms with Gasteiger partial charge in [0.05, 0.1) is 12.8 Å². The molecule has 142 valence electrons. The second-order valence-corrected chi connectivity index (χ2v) is 5.88. The van der Waals surface area contributed by atoms with Crippen LogP contribution < -0.4 is 9.47 Å². The summed E-state index contributed by atoms with van der Waals surface area (Å²) in [4.78, 5) is 14.8. The lowest BCUT2D eigenvalue weighted by Crippen LogP contribution is -2.10. The van der Waals surface area contributed by atoms with Gasteiger partial charge in [0.25, 0.3) is 0 Å². The van der Waals surface area contributed by atoms with Crippen molar-refractivity contribution in [2.45, 2.75) is 0 Å². The molecule has 1 N–H and O–H groups in total. The highest BCUT2D eigenvalue weighted by Crippen LogP contribution is 2.30. The number of aliphatic imine (C=N–C) groups is 1. The topological polar surface area (TPSA) is 68.1 Å². The summed E-state index contributed by atoms with van der Waals surface area (Å²) in [6.45, 7) is -0.602. The molecule has 0 atom stereocenters. The summed E-state index contributed by atoms with van der Waals surface area (Å²) >= 11 is 0. The SMILES string of the molecule is COc1ccccc1-c1cccc(C=Nc2ccc(OCC(=O)O)c(F)c2)c1. The van der Waals surface area contributed by atoms with Crippen LogP contribution in [0.1, 0.15) is 5.56 Å². The molecule has 5 nitrogen and oxygen atoms in total. The van der Waals surface area contributed by atoms with E-state index in [1.165, 1.54) is 12.1 Å². The Bertz CT molecular complexity index is 1020. The van der Waals surface area contributed by atoms with E-state index in [0.717, 1.165) is 22.4 Å². The third kappa shape index (κ3) is 4.73. The summed E-state index contributed by atoms with van der Waals surface area (Å²) in [5.41, 5.74) is 3.18. The second-order valence-electron chi connectivity index (χ2n) is 5.88. The van der Waals surface area contributed by atoms with Gasteiger partial charge in [-0.2, -0.15) is 0 Å². The molecule has 0 radical (unpaired) electrons. The monoisotopic (exact) mass is 379 g/mol. The number of nitrogens with zero attached hydrogens (tertiary/aromatic N) is 1. The van der Waals surface area contributed by atoms with Gasteiger partial charge in [-0.3, -0.25) is 4.99 Å². The van der Waals surface area contributed by atoms with Crippen molar-refractivity contribution in [2.75, 3.05) is 13.7 Å². The molecule has 0 saturated carbocycles. The number of para-hydroxylation sites is 1. The maximum atomic E-state index is 14.0. The van der Waals surface area contributed by atoms with Gasteiger partial charge in [0.1, 0.15) is 5.75 Å². The molecule has 0 bridgehead atoms. The summed E-state index contributed by atoms with van der Waals surface area (Å²) in [6.07, 6.45) is 1.63. The van der Waals surface area contributed by atoms with Gasteiger partial charge in [-0.05, 0) is 35.4 Å². The molecule has 3 aromatic rings. The Balaban J connectivity index is 1.79. The van der Waals surface area contributed by atoms with Crippen LogP contribution in [0.4, 0.5) is 10.1 Å². The van der Waals surface area contributed by atoms with Crippen LogP contribution in [-0.4, -0.2) is 31.0 Å². The van der Waals surface area contributed by atoms with E-state index >= 15 is 0 Å². The molecule has 3 rings (SSSR count). The Morgan fingerprint density at radius 2 is 1.89 bits per heavy atom. The van der Waals surface area contributed by atoms with E-state index in [9.17, 15) is 9.18 Å². The van der Waals surface area contributed by atoms with Gasteiger partial charge in [-0.1, -0.05) is 36.4 Å². The first kappa shape index (κ1) is 19.1. The van der Waals surface area contributed by atoms with Gasteiger partial charge in [-0.25, -0.2) is 9.18 Å². The predicted octanol–water partition coefficient (Wildman–Crippen LogP) is 4.72. The zero-order chi connectivity index (χ0) is 19.9. The summed E-state index contributed by atoms with van der Waals surface area (Å²) in [7, 11) is 1.63. The Hall–Kier alpha value is -3.67. The molecule has 0 unspecified atom stereocenters. The molecule has 0 fully saturated rings. The van der Waals surface area contributed by atoms with E-state index in [-0.39, 0.29) is 5.75 Å². The highest BCUT2D eigenvalue weighted by Gasteiger charge is 2.07. The van der Waals surface area contributed by atoms with Crippen LogP contribution in [0.2, 0.25) is 0 Å². The molecule has 0 heterocycles. The quantitative estimate of drug-likeness (QED) is 0.604. The highest BCUT2D eigenvalue weighted by molar-refractivity contribution is 5.85. The molecule has 0 aromatic heterocycles. The number of benzene rings is 3. The molecule has 3 aromatic carbocycles. The van der Waals surface area contributed by atoms with Crippen LogP contribution in [0.3, 0.4) is 0 Å². The van der Waals surface area contributed by atoms with Crippen LogP contribution in [-0.2, 0) is 4.79 Å². The van der Waals surface area contributed by atoms with Gasteiger partial charge < -0.3 is 14.6 Å². The minimum absolute atomic E-state index is 0.125. The Morgan fingerprint density at radius 1 is 1.07 bits per heavy atom. The number of rotatable bonds is 7. The second kappa shape index (κ2) is 8.81. The van der Waals surface area contributed by atoms with Gasteiger partial charge in [0, 0.05) is 17.8 Å². The fraction of sp³-hybridized carbons (Fsp3) is 0.0909. The Labute approximate surface area is 161 Å². The first-order valence-corrected chi connectivity index (χ1v) is 8.48. The summed E-state index contributed by atoms with van der Waals surface area (Å²) < 4.78 is 24.3. The Morgan fingerprint density at radius 3 is 2.64 bits per heavy atom. The van der Waals surface area contributed by atoms with Crippen molar-refractivity contribution in [1.29, 1.82) is 0 Å². The smallest absolute Gasteiger partial charge is 0.341 e. The maximum absolute atomic E-state index is 14.0. The molecule has 0 aliphatic carbocycles. The van der Waals surface area contributed by atoms with Crippen LogP contribution in [0.15, 0.2) is 71.7 Å². The van der Waals surface area contributed by atoms with Gasteiger partial charge in [0.15, 0.2) is 18.2 Å². The van der Waals surface area contributed by atoms with E-state index in [4.69, 9.17) is 14.6 Å². The molecule has 6 heteroatoms. The van der Waals surface area contributed by atoms with Crippen molar-refractivity contribution in [3.8, 4) is 22.6 Å². The van der Waals surface area contributed by atoms with Gasteiger partial charge in [-0.15, -0.1) is 0 Å². The number of halogens is 1. The van der Waals surface area contributed by atoms with Crippen LogP contribution >= 0.6 is 0 Å². The minimum Gasteiger partial charge on any atom is -0.496 e. The number of carbonyl (C=O) groups is 1. The number of ether oxygens (including phenoxy) is 2. The van der Waals surface area contributed by atoms with Gasteiger partial charge in [0.2, 0.25) is 0 Å². The molecule has 0 saturated heterocycles. The molecular formula is C22H18FNO4. The summed E-state index contributed by atoms with van der Waals surface area (Å²) in [6, 6.07) is 19.6. The largest absolute Gasteiger partial charge is 0.496 e. The van der Waals surface area contributed by atoms with Crippen molar-refractivity contribution in [1.82, 2.24) is 0 Å². The number of hydrogen-bond donors (Lipinski definition) is 1. The van der Waals surface area contributed by atoms with E-state index < -0.39 is 18.4 Å². The zero-order valence-electron chi connectivity index (χ0n) is 15.1. The average Bonchev–Trinajstić information content (AvgIpc) is 2.71. The first-order valence-electron chi connectivity index (χ1n) is 8.48. The van der Waals surface area contributed by atoms with E-state index in [2.05, 4.69) is 4.99 Å². The molecular weight excluding hydrogens is 361 g/mol. The lowest BCUT2D eigenvalue weighted by Gasteiger charge is -2.08. The van der Waals surface area contributed by atoms with Crippen LogP contribution in [0, 0.1) is 5.82 Å².